The molecule has 2 rings (SSSR count). The largest absolute Gasteiger partial charge is 0.347 e. The summed E-state index contributed by atoms with van der Waals surface area (Å²) in [6.07, 6.45) is -0.431. The number of fused-ring (bicyclic) bond motifs is 1. The Labute approximate surface area is 81.2 Å². The van der Waals surface area contributed by atoms with Crippen LogP contribution in [0.3, 0.4) is 0 Å². The maximum Gasteiger partial charge on any atom is 0.324 e. The molecule has 0 spiro atoms. The summed E-state index contributed by atoms with van der Waals surface area (Å²) in [6, 6.07) is -0.0128. The lowest BCUT2D eigenvalue weighted by Crippen LogP contribution is -2.43. The van der Waals surface area contributed by atoms with Crippen LogP contribution in [-0.4, -0.2) is 31.0 Å². The molecule has 80 valence electrons. The van der Waals surface area contributed by atoms with Crippen molar-refractivity contribution >= 4 is 5.91 Å². The number of carbonyl (C=O) groups is 1. The van der Waals surface area contributed by atoms with Gasteiger partial charge in [-0.3, -0.25) is 4.79 Å². The number of rotatable bonds is 3. The topological polar surface area (TPSA) is 41.1 Å². The molecular formula is C9H14F2N2O. The van der Waals surface area contributed by atoms with Crippen LogP contribution in [0.5, 0.6) is 0 Å². The third-order valence-corrected chi connectivity index (χ3v) is 3.17. The molecule has 1 heterocycles. The van der Waals surface area contributed by atoms with Gasteiger partial charge in [-0.1, -0.05) is 6.92 Å². The fraction of sp³-hybridized carbons (Fsp3) is 0.889. The first-order valence-corrected chi connectivity index (χ1v) is 4.96. The number of carbonyl (C=O) groups excluding carboxylic acids is 1. The molecule has 1 aliphatic heterocycles. The van der Waals surface area contributed by atoms with Crippen LogP contribution in [0.1, 0.15) is 13.3 Å². The number of hydrogen-bond donors (Lipinski definition) is 2. The summed E-state index contributed by atoms with van der Waals surface area (Å²) in [6.45, 7) is 3.00. The number of alkyl halides is 2. The van der Waals surface area contributed by atoms with Crippen LogP contribution in [-0.2, 0) is 4.79 Å². The van der Waals surface area contributed by atoms with Crippen LogP contribution in [0.25, 0.3) is 0 Å². The summed E-state index contributed by atoms with van der Waals surface area (Å²) in [4.78, 5) is 11.1. The van der Waals surface area contributed by atoms with E-state index < -0.39 is 18.3 Å². The van der Waals surface area contributed by atoms with Gasteiger partial charge in [0.15, 0.2) is 0 Å². The van der Waals surface area contributed by atoms with E-state index in [-0.39, 0.29) is 6.04 Å². The van der Waals surface area contributed by atoms with Crippen LogP contribution >= 0.6 is 0 Å². The zero-order valence-corrected chi connectivity index (χ0v) is 8.02. The number of halogens is 2. The average molecular weight is 204 g/mol. The van der Waals surface area contributed by atoms with E-state index in [0.717, 1.165) is 13.1 Å². The summed E-state index contributed by atoms with van der Waals surface area (Å²) >= 11 is 0. The Morgan fingerprint density at radius 3 is 2.57 bits per heavy atom. The molecule has 0 aromatic carbocycles. The normalized spacial score (nSPS) is 35.2. The maximum atomic E-state index is 12.9. The SMILES string of the molecule is CCC(F)(F)C(=O)NC1C2CNCC21. The molecule has 1 aliphatic carbocycles. The highest BCUT2D eigenvalue weighted by Crippen LogP contribution is 2.42. The van der Waals surface area contributed by atoms with E-state index in [9.17, 15) is 13.6 Å². The minimum atomic E-state index is -3.20. The Morgan fingerprint density at radius 2 is 2.07 bits per heavy atom. The van der Waals surface area contributed by atoms with Crippen molar-refractivity contribution in [2.45, 2.75) is 25.3 Å². The van der Waals surface area contributed by atoms with Gasteiger partial charge >= 0.3 is 5.92 Å². The van der Waals surface area contributed by atoms with Gasteiger partial charge < -0.3 is 10.6 Å². The lowest BCUT2D eigenvalue weighted by Gasteiger charge is -2.14. The quantitative estimate of drug-likeness (QED) is 0.697. The molecule has 2 aliphatic rings. The standard InChI is InChI=1S/C9H14F2N2O/c1-2-9(10,11)8(14)13-7-5-3-12-4-6(5)7/h5-7,12H,2-4H2,1H3,(H,13,14). The van der Waals surface area contributed by atoms with E-state index in [2.05, 4.69) is 10.6 Å². The zero-order valence-electron chi connectivity index (χ0n) is 8.02. The molecule has 3 nitrogen and oxygen atoms in total. The van der Waals surface area contributed by atoms with Gasteiger partial charge in [0, 0.05) is 25.6 Å². The second-order valence-corrected chi connectivity index (χ2v) is 4.04. The molecule has 2 fully saturated rings. The van der Waals surface area contributed by atoms with Gasteiger partial charge in [0.2, 0.25) is 0 Å². The van der Waals surface area contributed by atoms with E-state index in [0.29, 0.717) is 11.8 Å². The first-order valence-electron chi connectivity index (χ1n) is 4.96. The summed E-state index contributed by atoms with van der Waals surface area (Å²) in [5.41, 5.74) is 0. The number of piperidine rings is 1. The molecule has 0 radical (unpaired) electrons. The Hall–Kier alpha value is -0.710. The second-order valence-electron chi connectivity index (χ2n) is 4.04. The van der Waals surface area contributed by atoms with E-state index in [4.69, 9.17) is 0 Å². The molecule has 2 N–H and O–H groups in total. The zero-order chi connectivity index (χ0) is 10.3. The molecule has 0 aromatic heterocycles. The van der Waals surface area contributed by atoms with Gasteiger partial charge in [-0.15, -0.1) is 0 Å². The van der Waals surface area contributed by atoms with E-state index >= 15 is 0 Å². The first kappa shape index (κ1) is 9.83. The molecule has 14 heavy (non-hydrogen) atoms. The van der Waals surface area contributed by atoms with E-state index in [1.807, 2.05) is 0 Å². The van der Waals surface area contributed by atoms with E-state index in [1.54, 1.807) is 0 Å². The van der Waals surface area contributed by atoms with Crippen LogP contribution < -0.4 is 10.6 Å². The van der Waals surface area contributed by atoms with Crippen LogP contribution in [0.4, 0.5) is 8.78 Å². The summed E-state index contributed by atoms with van der Waals surface area (Å²) in [5.74, 6) is -3.55. The third-order valence-electron chi connectivity index (χ3n) is 3.17. The van der Waals surface area contributed by atoms with Crippen molar-refractivity contribution in [3.8, 4) is 0 Å². The van der Waals surface area contributed by atoms with Crippen molar-refractivity contribution in [3.63, 3.8) is 0 Å². The summed E-state index contributed by atoms with van der Waals surface area (Å²) in [7, 11) is 0. The summed E-state index contributed by atoms with van der Waals surface area (Å²) < 4.78 is 25.8. The van der Waals surface area contributed by atoms with Gasteiger partial charge in [0.05, 0.1) is 0 Å². The average Bonchev–Trinajstić information content (AvgIpc) is 2.64. The van der Waals surface area contributed by atoms with Crippen molar-refractivity contribution < 1.29 is 13.6 Å². The molecule has 2 atom stereocenters. The van der Waals surface area contributed by atoms with Gasteiger partial charge in [-0.25, -0.2) is 0 Å². The summed E-state index contributed by atoms with van der Waals surface area (Å²) in [5, 5.41) is 5.56. The molecule has 0 aromatic rings. The molecule has 1 saturated heterocycles. The third kappa shape index (κ3) is 1.49. The number of nitrogens with one attached hydrogen (secondary N) is 2. The Balaban J connectivity index is 1.84. The van der Waals surface area contributed by atoms with Crippen molar-refractivity contribution in [2.24, 2.45) is 11.8 Å². The van der Waals surface area contributed by atoms with Gasteiger partial charge in [-0.2, -0.15) is 8.78 Å². The van der Waals surface area contributed by atoms with E-state index in [1.165, 1.54) is 6.92 Å². The Bertz CT molecular complexity index is 247. The molecular weight excluding hydrogens is 190 g/mol. The minimum absolute atomic E-state index is 0.0128. The smallest absolute Gasteiger partial charge is 0.324 e. The molecule has 5 heteroatoms. The van der Waals surface area contributed by atoms with Gasteiger partial charge in [0.1, 0.15) is 0 Å². The Kier molecular flexibility index (Phi) is 2.21. The second kappa shape index (κ2) is 3.15. The van der Waals surface area contributed by atoms with Crippen LogP contribution in [0.2, 0.25) is 0 Å². The van der Waals surface area contributed by atoms with Crippen molar-refractivity contribution in [2.75, 3.05) is 13.1 Å². The highest BCUT2D eigenvalue weighted by atomic mass is 19.3. The van der Waals surface area contributed by atoms with Crippen molar-refractivity contribution in [3.05, 3.63) is 0 Å². The minimum Gasteiger partial charge on any atom is -0.347 e. The highest BCUT2D eigenvalue weighted by Gasteiger charge is 2.55. The number of hydrogen-bond acceptors (Lipinski definition) is 2. The fourth-order valence-corrected chi connectivity index (χ4v) is 2.05. The predicted octanol–water partition coefficient (Wildman–Crippen LogP) is 0.366. The lowest BCUT2D eigenvalue weighted by atomic mass is 10.2. The van der Waals surface area contributed by atoms with Gasteiger partial charge in [0.25, 0.3) is 5.91 Å². The van der Waals surface area contributed by atoms with Crippen molar-refractivity contribution in [1.29, 1.82) is 0 Å². The van der Waals surface area contributed by atoms with Crippen LogP contribution in [0, 0.1) is 11.8 Å². The maximum absolute atomic E-state index is 12.9. The van der Waals surface area contributed by atoms with Crippen LogP contribution in [0.15, 0.2) is 0 Å². The molecule has 0 bridgehead atoms. The molecule has 2 unspecified atom stereocenters. The fourth-order valence-electron chi connectivity index (χ4n) is 2.05. The van der Waals surface area contributed by atoms with Crippen molar-refractivity contribution in [1.82, 2.24) is 10.6 Å². The van der Waals surface area contributed by atoms with Gasteiger partial charge in [-0.05, 0) is 11.8 Å². The predicted molar refractivity (Wildman–Crippen MR) is 47.0 cm³/mol. The molecule has 1 saturated carbocycles. The Morgan fingerprint density at radius 1 is 1.50 bits per heavy atom. The highest BCUT2D eigenvalue weighted by molar-refractivity contribution is 5.83. The molecule has 1 amide bonds. The lowest BCUT2D eigenvalue weighted by molar-refractivity contribution is -0.146. The monoisotopic (exact) mass is 204 g/mol. The first-order chi connectivity index (χ1) is 6.56. The number of amides is 1.